The predicted octanol–water partition coefficient (Wildman–Crippen LogP) is 1.83. The topological polar surface area (TPSA) is 32.3 Å². The number of alkyl halides is 1. The van der Waals surface area contributed by atoms with E-state index >= 15 is 0 Å². The van der Waals surface area contributed by atoms with E-state index in [-0.39, 0.29) is 17.9 Å². The van der Waals surface area contributed by atoms with Gasteiger partial charge in [-0.3, -0.25) is 9.69 Å². The monoisotopic (exact) mass is 244 g/mol. The summed E-state index contributed by atoms with van der Waals surface area (Å²) in [4.78, 5) is 13.7. The lowest BCUT2D eigenvalue weighted by molar-refractivity contribution is -0.123. The highest BCUT2D eigenvalue weighted by Crippen LogP contribution is 2.26. The predicted molar refractivity (Wildman–Crippen MR) is 67.6 cm³/mol. The average molecular weight is 244 g/mol. The Morgan fingerprint density at radius 1 is 1.41 bits per heavy atom. The minimum Gasteiger partial charge on any atom is -0.353 e. The SMILES string of the molecule is CC(C)NC(=O)CN1CCC(F)C(C(C)C)C1. The Bertz CT molecular complexity index is 256. The van der Waals surface area contributed by atoms with Gasteiger partial charge >= 0.3 is 0 Å². The molecule has 3 nitrogen and oxygen atoms in total. The van der Waals surface area contributed by atoms with Crippen molar-refractivity contribution in [1.82, 2.24) is 10.2 Å². The summed E-state index contributed by atoms with van der Waals surface area (Å²) in [5.41, 5.74) is 0. The first kappa shape index (κ1) is 14.4. The fraction of sp³-hybridized carbons (Fsp3) is 0.923. The van der Waals surface area contributed by atoms with Crippen LogP contribution < -0.4 is 5.32 Å². The second kappa shape index (κ2) is 6.34. The number of piperidine rings is 1. The third kappa shape index (κ3) is 4.62. The molecule has 1 fully saturated rings. The highest BCUT2D eigenvalue weighted by atomic mass is 19.1. The first-order valence-corrected chi connectivity index (χ1v) is 6.56. The van der Waals surface area contributed by atoms with Gasteiger partial charge in [0.25, 0.3) is 0 Å². The second-order valence-corrected chi connectivity index (χ2v) is 5.67. The van der Waals surface area contributed by atoms with E-state index in [2.05, 4.69) is 24.1 Å². The van der Waals surface area contributed by atoms with Crippen molar-refractivity contribution in [3.05, 3.63) is 0 Å². The van der Waals surface area contributed by atoms with E-state index in [1.165, 1.54) is 0 Å². The number of amides is 1. The maximum atomic E-state index is 13.7. The molecule has 0 aromatic heterocycles. The molecule has 0 radical (unpaired) electrons. The fourth-order valence-corrected chi connectivity index (χ4v) is 2.37. The van der Waals surface area contributed by atoms with Gasteiger partial charge in [0.15, 0.2) is 0 Å². The van der Waals surface area contributed by atoms with Crippen LogP contribution in [0.2, 0.25) is 0 Å². The van der Waals surface area contributed by atoms with Gasteiger partial charge in [-0.15, -0.1) is 0 Å². The van der Waals surface area contributed by atoms with Crippen molar-refractivity contribution in [3.8, 4) is 0 Å². The molecular formula is C13H25FN2O. The smallest absolute Gasteiger partial charge is 0.234 e. The van der Waals surface area contributed by atoms with Crippen LogP contribution in [0.5, 0.6) is 0 Å². The molecule has 0 aromatic rings. The Hall–Kier alpha value is -0.640. The third-order valence-corrected chi connectivity index (χ3v) is 3.33. The summed E-state index contributed by atoms with van der Waals surface area (Å²) in [6.07, 6.45) is -0.156. The standard InChI is InChI=1S/C13H25FN2O/c1-9(2)11-7-16(6-5-12(11)14)8-13(17)15-10(3)4/h9-12H,5-8H2,1-4H3,(H,15,17). The molecule has 0 saturated carbocycles. The van der Waals surface area contributed by atoms with E-state index in [1.807, 2.05) is 13.8 Å². The van der Waals surface area contributed by atoms with Crippen molar-refractivity contribution in [2.75, 3.05) is 19.6 Å². The molecule has 0 aromatic carbocycles. The number of likely N-dealkylation sites (tertiary alicyclic amines) is 1. The molecule has 0 spiro atoms. The molecule has 0 aliphatic carbocycles. The van der Waals surface area contributed by atoms with Gasteiger partial charge in [0, 0.05) is 25.0 Å². The lowest BCUT2D eigenvalue weighted by Gasteiger charge is -2.36. The lowest BCUT2D eigenvalue weighted by atomic mass is 9.86. The van der Waals surface area contributed by atoms with Crippen molar-refractivity contribution in [2.45, 2.75) is 46.3 Å². The first-order chi connectivity index (χ1) is 7.90. The van der Waals surface area contributed by atoms with E-state index in [9.17, 15) is 9.18 Å². The lowest BCUT2D eigenvalue weighted by Crippen LogP contribution is -2.48. The molecule has 100 valence electrons. The molecule has 0 bridgehead atoms. The molecule has 1 amide bonds. The van der Waals surface area contributed by atoms with Crippen LogP contribution in [-0.2, 0) is 4.79 Å². The van der Waals surface area contributed by atoms with Crippen LogP contribution in [0.3, 0.4) is 0 Å². The molecule has 1 aliphatic rings. The zero-order valence-electron chi connectivity index (χ0n) is 11.4. The molecule has 4 heteroatoms. The average Bonchev–Trinajstić information content (AvgIpc) is 2.19. The molecule has 1 aliphatic heterocycles. The normalized spacial score (nSPS) is 26.5. The van der Waals surface area contributed by atoms with Crippen molar-refractivity contribution >= 4 is 5.91 Å². The number of nitrogens with one attached hydrogen (secondary N) is 1. The van der Waals surface area contributed by atoms with Gasteiger partial charge in [-0.05, 0) is 26.2 Å². The summed E-state index contributed by atoms with van der Waals surface area (Å²) in [5, 5.41) is 2.87. The molecule has 1 saturated heterocycles. The van der Waals surface area contributed by atoms with E-state index in [4.69, 9.17) is 0 Å². The fourth-order valence-electron chi connectivity index (χ4n) is 2.37. The number of carbonyl (C=O) groups is 1. The van der Waals surface area contributed by atoms with Crippen LogP contribution in [-0.4, -0.2) is 42.7 Å². The van der Waals surface area contributed by atoms with Crippen LogP contribution in [0.1, 0.15) is 34.1 Å². The zero-order chi connectivity index (χ0) is 13.0. The highest BCUT2D eigenvalue weighted by molar-refractivity contribution is 5.78. The summed E-state index contributed by atoms with van der Waals surface area (Å²) in [5.74, 6) is 0.441. The minimum atomic E-state index is -0.709. The van der Waals surface area contributed by atoms with Gasteiger partial charge < -0.3 is 5.32 Å². The van der Waals surface area contributed by atoms with Crippen LogP contribution in [0.15, 0.2) is 0 Å². The van der Waals surface area contributed by atoms with Crippen molar-refractivity contribution in [1.29, 1.82) is 0 Å². The first-order valence-electron chi connectivity index (χ1n) is 6.56. The van der Waals surface area contributed by atoms with Crippen molar-refractivity contribution in [3.63, 3.8) is 0 Å². The Balaban J connectivity index is 2.43. The van der Waals surface area contributed by atoms with E-state index in [1.54, 1.807) is 0 Å². The second-order valence-electron chi connectivity index (χ2n) is 5.67. The Labute approximate surface area is 104 Å². The van der Waals surface area contributed by atoms with Crippen LogP contribution in [0.25, 0.3) is 0 Å². The summed E-state index contributed by atoms with van der Waals surface area (Å²) in [6, 6.07) is 0.169. The van der Waals surface area contributed by atoms with Crippen molar-refractivity contribution < 1.29 is 9.18 Å². The number of hydrogen-bond acceptors (Lipinski definition) is 2. The quantitative estimate of drug-likeness (QED) is 0.818. The maximum absolute atomic E-state index is 13.7. The van der Waals surface area contributed by atoms with Gasteiger partial charge in [-0.1, -0.05) is 13.8 Å². The number of halogens is 1. The van der Waals surface area contributed by atoms with E-state index in [0.717, 1.165) is 0 Å². The number of rotatable bonds is 4. The Morgan fingerprint density at radius 3 is 2.59 bits per heavy atom. The molecule has 2 unspecified atom stereocenters. The molecular weight excluding hydrogens is 219 g/mol. The summed E-state index contributed by atoms with van der Waals surface area (Å²) in [7, 11) is 0. The maximum Gasteiger partial charge on any atom is 0.234 e. The highest BCUT2D eigenvalue weighted by Gasteiger charge is 2.31. The summed E-state index contributed by atoms with van der Waals surface area (Å²) >= 11 is 0. The number of hydrogen-bond donors (Lipinski definition) is 1. The summed E-state index contributed by atoms with van der Waals surface area (Å²) < 4.78 is 13.7. The van der Waals surface area contributed by atoms with Crippen LogP contribution >= 0.6 is 0 Å². The van der Waals surface area contributed by atoms with E-state index in [0.29, 0.717) is 32.0 Å². The largest absolute Gasteiger partial charge is 0.353 e. The van der Waals surface area contributed by atoms with Gasteiger partial charge in [-0.25, -0.2) is 4.39 Å². The Kier molecular flexibility index (Phi) is 5.37. The minimum absolute atomic E-state index is 0.0415. The summed E-state index contributed by atoms with van der Waals surface area (Å²) in [6.45, 7) is 9.78. The molecule has 1 rings (SSSR count). The molecule has 1 heterocycles. The van der Waals surface area contributed by atoms with Crippen LogP contribution in [0, 0.1) is 11.8 Å². The van der Waals surface area contributed by atoms with Crippen molar-refractivity contribution in [2.24, 2.45) is 11.8 Å². The van der Waals surface area contributed by atoms with Gasteiger partial charge in [-0.2, -0.15) is 0 Å². The zero-order valence-corrected chi connectivity index (χ0v) is 11.4. The number of carbonyl (C=O) groups excluding carboxylic acids is 1. The molecule has 2 atom stereocenters. The number of nitrogens with zero attached hydrogens (tertiary/aromatic N) is 1. The van der Waals surface area contributed by atoms with Gasteiger partial charge in [0.05, 0.1) is 6.54 Å². The van der Waals surface area contributed by atoms with Gasteiger partial charge in [0.2, 0.25) is 5.91 Å². The van der Waals surface area contributed by atoms with E-state index < -0.39 is 6.17 Å². The Morgan fingerprint density at radius 2 is 2.06 bits per heavy atom. The van der Waals surface area contributed by atoms with Gasteiger partial charge in [0.1, 0.15) is 6.17 Å². The third-order valence-electron chi connectivity index (χ3n) is 3.33. The van der Waals surface area contributed by atoms with Crippen LogP contribution in [0.4, 0.5) is 4.39 Å². The molecule has 17 heavy (non-hydrogen) atoms. The molecule has 1 N–H and O–H groups in total.